The molecule has 4 unspecified atom stereocenters. The molecule has 27 heavy (non-hydrogen) atoms. The van der Waals surface area contributed by atoms with E-state index in [0.29, 0.717) is 18.4 Å². The van der Waals surface area contributed by atoms with Crippen molar-refractivity contribution in [2.75, 3.05) is 27.3 Å². The zero-order valence-corrected chi connectivity index (χ0v) is 18.7. The molecule has 4 nitrogen and oxygen atoms in total. The van der Waals surface area contributed by atoms with Crippen LogP contribution in [0, 0.1) is 23.2 Å². The van der Waals surface area contributed by atoms with E-state index in [0.717, 1.165) is 32.1 Å². The molecule has 4 heteroatoms. The van der Waals surface area contributed by atoms with Gasteiger partial charge in [-0.05, 0) is 64.5 Å². The van der Waals surface area contributed by atoms with Crippen LogP contribution in [-0.4, -0.2) is 55.7 Å². The molecule has 0 aliphatic heterocycles. The molecule has 0 spiro atoms. The van der Waals surface area contributed by atoms with E-state index in [2.05, 4.69) is 32.7 Å². The Hall–Kier alpha value is -0.450. The number of hydrogen-bond acceptors (Lipinski definition) is 4. The first-order valence-electron chi connectivity index (χ1n) is 11.1. The summed E-state index contributed by atoms with van der Waals surface area (Å²) in [6, 6.07) is 0.134. The van der Waals surface area contributed by atoms with E-state index in [1.807, 2.05) is 6.92 Å². The molecule has 0 radical (unpaired) electrons. The van der Waals surface area contributed by atoms with Crippen LogP contribution in [0.5, 0.6) is 0 Å². The Balaban J connectivity index is 2.37. The number of carbonyl (C=O) groups is 1. The molecule has 0 saturated heterocycles. The molecular weight excluding hydrogens is 338 g/mol. The number of nitrogens with zero attached hydrogens (tertiary/aromatic N) is 1. The van der Waals surface area contributed by atoms with Crippen LogP contribution in [0.1, 0.15) is 79.1 Å². The molecule has 5 atom stereocenters. The lowest BCUT2D eigenvalue weighted by atomic mass is 9.62. The summed E-state index contributed by atoms with van der Waals surface area (Å²) in [5.41, 5.74) is -0.150. The van der Waals surface area contributed by atoms with Crippen molar-refractivity contribution in [1.29, 1.82) is 0 Å². The SMILES string of the molecule is COCC(C)(C1CCC1)C(O)C(C)N(C)CCC[C@H](C)CCCC(C)C=O. The van der Waals surface area contributed by atoms with Gasteiger partial charge in [-0.15, -0.1) is 0 Å². The predicted octanol–water partition coefficient (Wildman–Crippen LogP) is 4.54. The third kappa shape index (κ3) is 7.47. The lowest BCUT2D eigenvalue weighted by Crippen LogP contribution is -2.54. The number of methoxy groups -OCH3 is 1. The number of hydrogen-bond donors (Lipinski definition) is 1. The summed E-state index contributed by atoms with van der Waals surface area (Å²) >= 11 is 0. The van der Waals surface area contributed by atoms with E-state index in [1.165, 1.54) is 32.1 Å². The van der Waals surface area contributed by atoms with Gasteiger partial charge in [-0.2, -0.15) is 0 Å². The fourth-order valence-corrected chi connectivity index (χ4v) is 4.51. The van der Waals surface area contributed by atoms with E-state index in [-0.39, 0.29) is 23.5 Å². The predicted molar refractivity (Wildman–Crippen MR) is 113 cm³/mol. The molecule has 0 aromatic rings. The second kappa shape index (κ2) is 12.2. The van der Waals surface area contributed by atoms with Gasteiger partial charge in [0.25, 0.3) is 0 Å². The molecule has 0 aromatic heterocycles. The Bertz CT molecular complexity index is 412. The molecule has 1 rings (SSSR count). The molecule has 0 aromatic carbocycles. The van der Waals surface area contributed by atoms with Crippen molar-refractivity contribution >= 4 is 6.29 Å². The highest BCUT2D eigenvalue weighted by atomic mass is 16.5. The van der Waals surface area contributed by atoms with E-state index in [9.17, 15) is 9.90 Å². The fraction of sp³-hybridized carbons (Fsp3) is 0.957. The van der Waals surface area contributed by atoms with Crippen molar-refractivity contribution in [2.45, 2.75) is 91.2 Å². The minimum atomic E-state index is -0.366. The zero-order chi connectivity index (χ0) is 20.4. The average molecular weight is 384 g/mol. The summed E-state index contributed by atoms with van der Waals surface area (Å²) in [5.74, 6) is 1.48. The van der Waals surface area contributed by atoms with Crippen LogP contribution in [0.4, 0.5) is 0 Å². The smallest absolute Gasteiger partial charge is 0.122 e. The Morgan fingerprint density at radius 2 is 1.81 bits per heavy atom. The molecule has 0 bridgehead atoms. The maximum Gasteiger partial charge on any atom is 0.122 e. The van der Waals surface area contributed by atoms with Gasteiger partial charge in [-0.25, -0.2) is 0 Å². The number of carbonyl (C=O) groups excluding carboxylic acids is 1. The van der Waals surface area contributed by atoms with Gasteiger partial charge in [0.05, 0.1) is 12.7 Å². The fourth-order valence-electron chi connectivity index (χ4n) is 4.51. The molecule has 1 saturated carbocycles. The van der Waals surface area contributed by atoms with Crippen LogP contribution in [0.25, 0.3) is 0 Å². The van der Waals surface area contributed by atoms with Crippen molar-refractivity contribution in [1.82, 2.24) is 4.90 Å². The van der Waals surface area contributed by atoms with Crippen molar-refractivity contribution in [2.24, 2.45) is 23.2 Å². The summed E-state index contributed by atoms with van der Waals surface area (Å²) in [7, 11) is 3.88. The molecule has 0 heterocycles. The van der Waals surface area contributed by atoms with Crippen LogP contribution in [0.3, 0.4) is 0 Å². The largest absolute Gasteiger partial charge is 0.391 e. The van der Waals surface area contributed by atoms with E-state index >= 15 is 0 Å². The van der Waals surface area contributed by atoms with Gasteiger partial charge in [0, 0.05) is 24.5 Å². The first kappa shape index (κ1) is 24.6. The van der Waals surface area contributed by atoms with Gasteiger partial charge in [-0.1, -0.05) is 40.0 Å². The standard InChI is InChI=1S/C23H45NO3/c1-18(10-7-11-19(2)16-25)12-9-15-24(5)20(3)22(26)23(4,17-27-6)21-13-8-14-21/h16,18-22,26H,7-15,17H2,1-6H3/t18-,19?,20?,22?,23?/m1/s1. The molecular formula is C23H45NO3. The Labute approximate surface area is 168 Å². The van der Waals surface area contributed by atoms with Crippen molar-refractivity contribution in [3.63, 3.8) is 0 Å². The summed E-state index contributed by atoms with van der Waals surface area (Å²) in [6.45, 7) is 10.3. The summed E-state index contributed by atoms with van der Waals surface area (Å²) in [6.07, 6.45) is 10.1. The van der Waals surface area contributed by atoms with E-state index < -0.39 is 0 Å². The molecule has 1 N–H and O–H groups in total. The highest BCUT2D eigenvalue weighted by Crippen LogP contribution is 2.45. The third-order valence-electron chi connectivity index (χ3n) is 7.12. The first-order valence-corrected chi connectivity index (χ1v) is 11.1. The average Bonchev–Trinajstić information content (AvgIpc) is 2.58. The van der Waals surface area contributed by atoms with Gasteiger partial charge >= 0.3 is 0 Å². The molecule has 1 aliphatic carbocycles. The number of aliphatic hydroxyl groups is 1. The lowest BCUT2D eigenvalue weighted by molar-refractivity contribution is -0.110. The van der Waals surface area contributed by atoms with Crippen LogP contribution >= 0.6 is 0 Å². The number of likely N-dealkylation sites (N-methyl/N-ethyl adjacent to an activating group) is 1. The third-order valence-corrected chi connectivity index (χ3v) is 7.12. The summed E-state index contributed by atoms with van der Waals surface area (Å²) in [4.78, 5) is 13.0. The van der Waals surface area contributed by atoms with Crippen LogP contribution in [0.15, 0.2) is 0 Å². The Morgan fingerprint density at radius 1 is 1.19 bits per heavy atom. The van der Waals surface area contributed by atoms with Gasteiger partial charge in [0.15, 0.2) is 0 Å². The highest BCUT2D eigenvalue weighted by molar-refractivity contribution is 5.52. The number of aldehydes is 1. The molecule has 0 amide bonds. The number of rotatable bonds is 15. The Kier molecular flexibility index (Phi) is 11.1. The van der Waals surface area contributed by atoms with Gasteiger partial charge in [0.1, 0.15) is 6.29 Å². The topological polar surface area (TPSA) is 49.8 Å². The second-order valence-electron chi connectivity index (χ2n) is 9.52. The minimum absolute atomic E-state index is 0.134. The quantitative estimate of drug-likeness (QED) is 0.422. The van der Waals surface area contributed by atoms with Crippen molar-refractivity contribution in [3.8, 4) is 0 Å². The molecule has 1 aliphatic rings. The first-order chi connectivity index (χ1) is 12.8. The van der Waals surface area contributed by atoms with E-state index in [4.69, 9.17) is 4.74 Å². The Morgan fingerprint density at radius 3 is 2.33 bits per heavy atom. The molecule has 1 fully saturated rings. The lowest BCUT2D eigenvalue weighted by Gasteiger charge is -2.48. The van der Waals surface area contributed by atoms with Crippen LogP contribution in [0.2, 0.25) is 0 Å². The second-order valence-corrected chi connectivity index (χ2v) is 9.52. The summed E-state index contributed by atoms with van der Waals surface area (Å²) in [5, 5.41) is 11.1. The van der Waals surface area contributed by atoms with Crippen molar-refractivity contribution < 1.29 is 14.6 Å². The highest BCUT2D eigenvalue weighted by Gasteiger charge is 2.46. The van der Waals surface area contributed by atoms with Gasteiger partial charge in [0.2, 0.25) is 0 Å². The molecule has 160 valence electrons. The van der Waals surface area contributed by atoms with Crippen LogP contribution < -0.4 is 0 Å². The van der Waals surface area contributed by atoms with Gasteiger partial charge < -0.3 is 19.5 Å². The maximum absolute atomic E-state index is 11.1. The monoisotopic (exact) mass is 383 g/mol. The normalized spacial score (nSPS) is 21.9. The van der Waals surface area contributed by atoms with Crippen LogP contribution in [-0.2, 0) is 9.53 Å². The number of aliphatic hydroxyl groups excluding tert-OH is 1. The zero-order valence-electron chi connectivity index (χ0n) is 18.7. The minimum Gasteiger partial charge on any atom is -0.391 e. The number of ether oxygens (including phenoxy) is 1. The van der Waals surface area contributed by atoms with Crippen molar-refractivity contribution in [3.05, 3.63) is 0 Å². The van der Waals surface area contributed by atoms with Gasteiger partial charge in [-0.3, -0.25) is 0 Å². The summed E-state index contributed by atoms with van der Waals surface area (Å²) < 4.78 is 5.49. The van der Waals surface area contributed by atoms with E-state index in [1.54, 1.807) is 7.11 Å². The maximum atomic E-state index is 11.1.